The molecule has 0 saturated heterocycles. The van der Waals surface area contributed by atoms with Gasteiger partial charge in [0.15, 0.2) is 5.78 Å². The normalized spacial score (nSPS) is 11.7. The molecule has 2 aromatic rings. The van der Waals surface area contributed by atoms with Crippen LogP contribution in [0.4, 0.5) is 0 Å². The summed E-state index contributed by atoms with van der Waals surface area (Å²) >= 11 is 0. The largest absolute Gasteiger partial charge is 0.507 e. The number of carbonyl (C=O) groups is 2. The molecule has 2 N–H and O–H groups in total. The topological polar surface area (TPSA) is 88.5 Å². The van der Waals surface area contributed by atoms with E-state index in [1.54, 1.807) is 24.5 Å². The van der Waals surface area contributed by atoms with Crippen LogP contribution in [0.5, 0.6) is 11.5 Å². The van der Waals surface area contributed by atoms with Crippen molar-refractivity contribution in [2.75, 3.05) is 13.2 Å². The Bertz CT molecular complexity index is 868. The molecule has 6 nitrogen and oxygen atoms in total. The first kappa shape index (κ1) is 25.4. The fraction of sp³-hybridized carbons (Fsp3) is 0.500. The molecule has 1 aromatic carbocycles. The molecule has 0 aliphatic rings. The molecular weight excluding hydrogens is 404 g/mol. The van der Waals surface area contributed by atoms with Gasteiger partial charge in [-0.3, -0.25) is 14.6 Å². The smallest absolute Gasteiger partial charge is 0.220 e. The van der Waals surface area contributed by atoms with E-state index in [1.807, 2.05) is 19.1 Å². The summed E-state index contributed by atoms with van der Waals surface area (Å²) in [6.45, 7) is 6.74. The van der Waals surface area contributed by atoms with Crippen molar-refractivity contribution in [3.8, 4) is 11.5 Å². The van der Waals surface area contributed by atoms with Crippen molar-refractivity contribution >= 4 is 11.7 Å². The maximum Gasteiger partial charge on any atom is 0.220 e. The van der Waals surface area contributed by atoms with Crippen LogP contribution in [0.3, 0.4) is 0 Å². The van der Waals surface area contributed by atoms with Gasteiger partial charge < -0.3 is 15.2 Å². The lowest BCUT2D eigenvalue weighted by atomic mass is 9.97. The van der Waals surface area contributed by atoms with Gasteiger partial charge in [0.05, 0.1) is 12.2 Å². The summed E-state index contributed by atoms with van der Waals surface area (Å²) in [4.78, 5) is 27.9. The van der Waals surface area contributed by atoms with E-state index in [0.29, 0.717) is 48.8 Å². The molecule has 2 rings (SSSR count). The average molecular weight is 441 g/mol. The van der Waals surface area contributed by atoms with Gasteiger partial charge in [0.2, 0.25) is 5.91 Å². The number of hydrogen-bond donors (Lipinski definition) is 2. The number of ketones is 1. The van der Waals surface area contributed by atoms with Crippen LogP contribution in [0.2, 0.25) is 0 Å². The van der Waals surface area contributed by atoms with Gasteiger partial charge >= 0.3 is 0 Å². The van der Waals surface area contributed by atoms with Crippen LogP contribution in [0.15, 0.2) is 36.7 Å². The first-order valence-corrected chi connectivity index (χ1v) is 11.6. The number of aromatic hydroxyl groups is 1. The zero-order chi connectivity index (χ0) is 23.3. The molecule has 1 unspecified atom stereocenters. The Balaban J connectivity index is 1.70. The van der Waals surface area contributed by atoms with Gasteiger partial charge in [-0.05, 0) is 68.9 Å². The van der Waals surface area contributed by atoms with Crippen molar-refractivity contribution in [3.05, 3.63) is 53.3 Å². The maximum absolute atomic E-state index is 12.2. The Hall–Kier alpha value is -2.89. The summed E-state index contributed by atoms with van der Waals surface area (Å²) in [5.41, 5.74) is 2.23. The summed E-state index contributed by atoms with van der Waals surface area (Å²) in [6, 6.07) is 7.38. The number of nitrogens with zero attached hydrogens (tertiary/aromatic N) is 1. The predicted octanol–water partition coefficient (Wildman–Crippen LogP) is 5.19. The van der Waals surface area contributed by atoms with Crippen LogP contribution in [-0.2, 0) is 11.2 Å². The van der Waals surface area contributed by atoms with Crippen LogP contribution in [-0.4, -0.2) is 34.9 Å². The molecule has 1 aromatic heterocycles. The number of Topliss-reactive ketones (excluding diaryl/α,β-unsaturated/α-hetero) is 1. The standard InChI is InChI=1S/C26H36N2O4/c1-4-9-23-24(12-11-22(19(3)29)26(23)31)32-17-8-6-7-10-25(30)28-18-20(5-2)21-13-15-27-16-14-21/h11-16,20,31H,4-10,17-18H2,1-3H3,(H,28,30). The highest BCUT2D eigenvalue weighted by Gasteiger charge is 2.16. The van der Waals surface area contributed by atoms with Gasteiger partial charge in [0.25, 0.3) is 0 Å². The number of benzene rings is 1. The summed E-state index contributed by atoms with van der Waals surface area (Å²) in [7, 11) is 0. The van der Waals surface area contributed by atoms with Crippen molar-refractivity contribution in [3.63, 3.8) is 0 Å². The summed E-state index contributed by atoms with van der Waals surface area (Å²) in [5.74, 6) is 0.891. The molecule has 0 aliphatic carbocycles. The number of ether oxygens (including phenoxy) is 1. The summed E-state index contributed by atoms with van der Waals surface area (Å²) in [5, 5.41) is 13.4. The van der Waals surface area contributed by atoms with E-state index in [1.165, 1.54) is 12.5 Å². The van der Waals surface area contributed by atoms with Crippen LogP contribution in [0.25, 0.3) is 0 Å². The molecule has 0 fully saturated rings. The first-order valence-electron chi connectivity index (χ1n) is 11.6. The van der Waals surface area contributed by atoms with E-state index in [2.05, 4.69) is 17.2 Å². The second-order valence-corrected chi connectivity index (χ2v) is 8.09. The van der Waals surface area contributed by atoms with E-state index in [0.717, 1.165) is 32.1 Å². The van der Waals surface area contributed by atoms with E-state index < -0.39 is 0 Å². The van der Waals surface area contributed by atoms with Crippen molar-refractivity contribution in [1.82, 2.24) is 10.3 Å². The number of carbonyl (C=O) groups excluding carboxylic acids is 2. The number of nitrogens with one attached hydrogen (secondary N) is 1. The molecule has 1 heterocycles. The van der Waals surface area contributed by atoms with Crippen molar-refractivity contribution < 1.29 is 19.4 Å². The number of phenolic OH excluding ortho intramolecular Hbond substituents is 1. The Morgan fingerprint density at radius 2 is 1.84 bits per heavy atom. The van der Waals surface area contributed by atoms with Crippen molar-refractivity contribution in [2.24, 2.45) is 0 Å². The minimum atomic E-state index is -0.157. The zero-order valence-corrected chi connectivity index (χ0v) is 19.5. The first-order chi connectivity index (χ1) is 15.5. The van der Waals surface area contributed by atoms with E-state index in [4.69, 9.17) is 4.74 Å². The minimum Gasteiger partial charge on any atom is -0.507 e. The number of hydrogen-bond acceptors (Lipinski definition) is 5. The van der Waals surface area contributed by atoms with E-state index in [-0.39, 0.29) is 17.4 Å². The molecule has 1 atom stereocenters. The van der Waals surface area contributed by atoms with Gasteiger partial charge in [-0.2, -0.15) is 0 Å². The fourth-order valence-electron chi connectivity index (χ4n) is 3.73. The maximum atomic E-state index is 12.2. The second-order valence-electron chi connectivity index (χ2n) is 8.09. The number of phenols is 1. The minimum absolute atomic E-state index is 0.0330. The third-order valence-corrected chi connectivity index (χ3v) is 5.64. The highest BCUT2D eigenvalue weighted by atomic mass is 16.5. The molecule has 0 saturated carbocycles. The average Bonchev–Trinajstić information content (AvgIpc) is 2.79. The molecule has 174 valence electrons. The third kappa shape index (κ3) is 7.66. The summed E-state index contributed by atoms with van der Waals surface area (Å²) < 4.78 is 5.88. The predicted molar refractivity (Wildman–Crippen MR) is 126 cm³/mol. The molecule has 6 heteroatoms. The number of aromatic nitrogens is 1. The number of amides is 1. The quantitative estimate of drug-likeness (QED) is 0.312. The van der Waals surface area contributed by atoms with Gasteiger partial charge in [-0.25, -0.2) is 0 Å². The molecule has 0 spiro atoms. The Morgan fingerprint density at radius 3 is 2.50 bits per heavy atom. The second kappa shape index (κ2) is 13.5. The third-order valence-electron chi connectivity index (χ3n) is 5.64. The summed E-state index contributed by atoms with van der Waals surface area (Å²) in [6.07, 6.45) is 9.04. The van der Waals surface area contributed by atoms with Gasteiger partial charge in [-0.15, -0.1) is 0 Å². The van der Waals surface area contributed by atoms with Gasteiger partial charge in [-0.1, -0.05) is 20.3 Å². The van der Waals surface area contributed by atoms with Crippen LogP contribution in [0, 0.1) is 0 Å². The number of pyridine rings is 1. The van der Waals surface area contributed by atoms with Crippen LogP contribution >= 0.6 is 0 Å². The molecule has 0 radical (unpaired) electrons. The Kier molecular flexibility index (Phi) is 10.7. The van der Waals surface area contributed by atoms with Gasteiger partial charge in [0.1, 0.15) is 11.5 Å². The lowest BCUT2D eigenvalue weighted by molar-refractivity contribution is -0.121. The lowest BCUT2D eigenvalue weighted by Crippen LogP contribution is -2.28. The fourth-order valence-corrected chi connectivity index (χ4v) is 3.73. The molecule has 32 heavy (non-hydrogen) atoms. The lowest BCUT2D eigenvalue weighted by Gasteiger charge is -2.16. The van der Waals surface area contributed by atoms with Crippen LogP contribution in [0.1, 0.15) is 86.7 Å². The number of unbranched alkanes of at least 4 members (excludes halogenated alkanes) is 2. The van der Waals surface area contributed by atoms with Gasteiger partial charge in [0, 0.05) is 36.8 Å². The Labute approximate surface area is 191 Å². The van der Waals surface area contributed by atoms with E-state index in [9.17, 15) is 14.7 Å². The highest BCUT2D eigenvalue weighted by Crippen LogP contribution is 2.33. The highest BCUT2D eigenvalue weighted by molar-refractivity contribution is 5.97. The zero-order valence-electron chi connectivity index (χ0n) is 19.5. The molecular formula is C26H36N2O4. The SMILES string of the molecule is CCCc1c(OCCCCCC(=O)NCC(CC)c2ccncc2)ccc(C(C)=O)c1O. The molecule has 0 bridgehead atoms. The number of rotatable bonds is 14. The van der Waals surface area contributed by atoms with E-state index >= 15 is 0 Å². The van der Waals surface area contributed by atoms with Crippen molar-refractivity contribution in [1.29, 1.82) is 0 Å². The molecule has 1 amide bonds. The van der Waals surface area contributed by atoms with Crippen molar-refractivity contribution in [2.45, 2.75) is 71.6 Å². The Morgan fingerprint density at radius 1 is 1.09 bits per heavy atom. The monoisotopic (exact) mass is 440 g/mol. The molecule has 0 aliphatic heterocycles. The van der Waals surface area contributed by atoms with Crippen LogP contribution < -0.4 is 10.1 Å².